The number of amides is 1. The quantitative estimate of drug-likeness (QED) is 0.835. The molecule has 1 aliphatic carbocycles. The molecule has 94 valence electrons. The molecule has 4 heteroatoms. The van der Waals surface area contributed by atoms with E-state index in [0.29, 0.717) is 6.54 Å². The summed E-state index contributed by atoms with van der Waals surface area (Å²) in [6.07, 6.45) is 4.13. The van der Waals surface area contributed by atoms with Crippen LogP contribution in [0.3, 0.4) is 0 Å². The summed E-state index contributed by atoms with van der Waals surface area (Å²) in [5.41, 5.74) is 7.17. The van der Waals surface area contributed by atoms with Crippen molar-refractivity contribution in [2.45, 2.75) is 37.9 Å². The Morgan fingerprint density at radius 3 is 2.53 bits per heavy atom. The number of rotatable bonds is 4. The molecular weight excluding hydrogens is 236 g/mol. The van der Waals surface area contributed by atoms with E-state index >= 15 is 0 Å². The van der Waals surface area contributed by atoms with Crippen molar-refractivity contribution in [1.82, 2.24) is 4.90 Å². The third-order valence-corrected chi connectivity index (χ3v) is 3.30. The normalized spacial score (nSPS) is 22.9. The second-order valence-electron chi connectivity index (χ2n) is 4.43. The van der Waals surface area contributed by atoms with Gasteiger partial charge in [0, 0.05) is 18.6 Å². The summed E-state index contributed by atoms with van der Waals surface area (Å²) >= 11 is 0. The highest BCUT2D eigenvalue weighted by molar-refractivity contribution is 5.85. The lowest BCUT2D eigenvalue weighted by molar-refractivity contribution is -0.121. The lowest BCUT2D eigenvalue weighted by Gasteiger charge is -2.28. The first-order chi connectivity index (χ1) is 7.81. The minimum absolute atomic E-state index is 0. The molecule has 17 heavy (non-hydrogen) atoms. The van der Waals surface area contributed by atoms with E-state index in [4.69, 9.17) is 5.73 Å². The standard InChI is InChI=1S/C13H18N2O.ClH/c14-12-7-4-8-13(12)15(10-16)9-11-5-2-1-3-6-11;/h1-3,5-6,10,12-13H,4,7-9,14H2;1H. The van der Waals surface area contributed by atoms with Crippen molar-refractivity contribution in [3.05, 3.63) is 35.9 Å². The lowest BCUT2D eigenvalue weighted by atomic mass is 10.1. The van der Waals surface area contributed by atoms with E-state index in [1.54, 1.807) is 0 Å². The summed E-state index contributed by atoms with van der Waals surface area (Å²) in [7, 11) is 0. The lowest BCUT2D eigenvalue weighted by Crippen LogP contribution is -2.43. The zero-order valence-corrected chi connectivity index (χ0v) is 10.6. The largest absolute Gasteiger partial charge is 0.336 e. The Morgan fingerprint density at radius 1 is 1.29 bits per heavy atom. The van der Waals surface area contributed by atoms with Crippen molar-refractivity contribution >= 4 is 18.8 Å². The van der Waals surface area contributed by atoms with Crippen LogP contribution in [0.2, 0.25) is 0 Å². The topological polar surface area (TPSA) is 46.3 Å². The summed E-state index contributed by atoms with van der Waals surface area (Å²) in [5.74, 6) is 0. The first kappa shape index (κ1) is 14.0. The molecule has 1 fully saturated rings. The molecule has 0 saturated heterocycles. The molecule has 2 rings (SSSR count). The van der Waals surface area contributed by atoms with Gasteiger partial charge < -0.3 is 10.6 Å². The van der Waals surface area contributed by atoms with Crippen LogP contribution >= 0.6 is 12.4 Å². The molecule has 2 atom stereocenters. The van der Waals surface area contributed by atoms with Gasteiger partial charge in [0.2, 0.25) is 6.41 Å². The van der Waals surface area contributed by atoms with E-state index < -0.39 is 0 Å². The van der Waals surface area contributed by atoms with E-state index in [1.807, 2.05) is 35.2 Å². The van der Waals surface area contributed by atoms with E-state index in [9.17, 15) is 4.79 Å². The van der Waals surface area contributed by atoms with Gasteiger partial charge in [-0.15, -0.1) is 12.4 Å². The van der Waals surface area contributed by atoms with Crippen molar-refractivity contribution in [2.24, 2.45) is 5.73 Å². The molecule has 2 N–H and O–H groups in total. The predicted octanol–water partition coefficient (Wildman–Crippen LogP) is 1.95. The van der Waals surface area contributed by atoms with Gasteiger partial charge in [-0.2, -0.15) is 0 Å². The Morgan fingerprint density at radius 2 is 2.00 bits per heavy atom. The fraction of sp³-hybridized carbons (Fsp3) is 0.462. The maximum atomic E-state index is 11.1. The van der Waals surface area contributed by atoms with Crippen LogP contribution in [0.4, 0.5) is 0 Å². The van der Waals surface area contributed by atoms with Crippen molar-refractivity contribution in [3.63, 3.8) is 0 Å². The first-order valence-electron chi connectivity index (χ1n) is 5.82. The molecule has 1 amide bonds. The van der Waals surface area contributed by atoms with Crippen LogP contribution in [-0.2, 0) is 11.3 Å². The number of nitrogens with zero attached hydrogens (tertiary/aromatic N) is 1. The summed E-state index contributed by atoms with van der Waals surface area (Å²) in [6, 6.07) is 10.4. The van der Waals surface area contributed by atoms with Crippen LogP contribution in [0.25, 0.3) is 0 Å². The molecule has 0 heterocycles. The van der Waals surface area contributed by atoms with Gasteiger partial charge in [-0.25, -0.2) is 0 Å². The smallest absolute Gasteiger partial charge is 0.210 e. The Kier molecular flexibility index (Phi) is 5.45. The molecule has 0 spiro atoms. The van der Waals surface area contributed by atoms with Gasteiger partial charge in [-0.1, -0.05) is 30.3 Å². The van der Waals surface area contributed by atoms with Crippen LogP contribution in [0.15, 0.2) is 30.3 Å². The third kappa shape index (κ3) is 3.45. The van der Waals surface area contributed by atoms with Gasteiger partial charge in [0.25, 0.3) is 0 Å². The van der Waals surface area contributed by atoms with E-state index in [0.717, 1.165) is 31.2 Å². The van der Waals surface area contributed by atoms with E-state index in [-0.39, 0.29) is 24.5 Å². The summed E-state index contributed by atoms with van der Waals surface area (Å²) in [5, 5.41) is 0. The second-order valence-corrected chi connectivity index (χ2v) is 4.43. The number of benzene rings is 1. The van der Waals surface area contributed by atoms with Crippen LogP contribution in [0.5, 0.6) is 0 Å². The van der Waals surface area contributed by atoms with Gasteiger partial charge in [-0.3, -0.25) is 4.79 Å². The maximum absolute atomic E-state index is 11.1. The van der Waals surface area contributed by atoms with Crippen molar-refractivity contribution in [1.29, 1.82) is 0 Å². The van der Waals surface area contributed by atoms with Crippen molar-refractivity contribution in [2.75, 3.05) is 0 Å². The highest BCUT2D eigenvalue weighted by atomic mass is 35.5. The van der Waals surface area contributed by atoms with Gasteiger partial charge in [0.05, 0.1) is 0 Å². The SMILES string of the molecule is Cl.NC1CCCC1N(C=O)Cc1ccccc1. The molecule has 1 aromatic rings. The second kappa shape index (κ2) is 6.62. The number of hydrogen-bond donors (Lipinski definition) is 1. The minimum atomic E-state index is 0. The molecule has 0 aliphatic heterocycles. The Labute approximate surface area is 108 Å². The first-order valence-corrected chi connectivity index (χ1v) is 5.82. The molecule has 0 bridgehead atoms. The summed E-state index contributed by atoms with van der Waals surface area (Å²) in [4.78, 5) is 13.0. The molecule has 0 aromatic heterocycles. The number of hydrogen-bond acceptors (Lipinski definition) is 2. The number of nitrogens with two attached hydrogens (primary N) is 1. The van der Waals surface area contributed by atoms with Gasteiger partial charge in [-0.05, 0) is 24.8 Å². The average Bonchev–Trinajstić information content (AvgIpc) is 2.74. The summed E-state index contributed by atoms with van der Waals surface area (Å²) < 4.78 is 0. The highest BCUT2D eigenvalue weighted by Crippen LogP contribution is 2.23. The average molecular weight is 255 g/mol. The summed E-state index contributed by atoms with van der Waals surface area (Å²) in [6.45, 7) is 0.669. The third-order valence-electron chi connectivity index (χ3n) is 3.30. The Hall–Kier alpha value is -1.06. The fourth-order valence-corrected chi connectivity index (χ4v) is 2.41. The fourth-order valence-electron chi connectivity index (χ4n) is 2.41. The van der Waals surface area contributed by atoms with Crippen LogP contribution in [-0.4, -0.2) is 23.4 Å². The zero-order chi connectivity index (χ0) is 11.4. The Bertz CT molecular complexity index is 345. The number of halogens is 1. The molecule has 2 unspecified atom stereocenters. The Balaban J connectivity index is 0.00000144. The molecule has 1 aliphatic rings. The minimum Gasteiger partial charge on any atom is -0.336 e. The molecule has 0 radical (unpaired) electrons. The molecule has 1 saturated carbocycles. The van der Waals surface area contributed by atoms with Crippen LogP contribution in [0, 0.1) is 0 Å². The molecule has 3 nitrogen and oxygen atoms in total. The van der Waals surface area contributed by atoms with Gasteiger partial charge in [0.1, 0.15) is 0 Å². The van der Waals surface area contributed by atoms with Crippen molar-refractivity contribution < 1.29 is 4.79 Å². The van der Waals surface area contributed by atoms with Crippen LogP contribution in [0.1, 0.15) is 24.8 Å². The zero-order valence-electron chi connectivity index (χ0n) is 9.79. The van der Waals surface area contributed by atoms with E-state index in [2.05, 4.69) is 0 Å². The molecular formula is C13H19ClN2O. The van der Waals surface area contributed by atoms with Crippen molar-refractivity contribution in [3.8, 4) is 0 Å². The maximum Gasteiger partial charge on any atom is 0.210 e. The monoisotopic (exact) mass is 254 g/mol. The van der Waals surface area contributed by atoms with E-state index in [1.165, 1.54) is 0 Å². The van der Waals surface area contributed by atoms with Crippen LogP contribution < -0.4 is 5.73 Å². The number of carbonyl (C=O) groups excluding carboxylic acids is 1. The highest BCUT2D eigenvalue weighted by Gasteiger charge is 2.28. The number of carbonyl (C=O) groups is 1. The predicted molar refractivity (Wildman–Crippen MR) is 70.9 cm³/mol. The molecule has 1 aromatic carbocycles. The van der Waals surface area contributed by atoms with Gasteiger partial charge >= 0.3 is 0 Å². The van der Waals surface area contributed by atoms with Gasteiger partial charge in [0.15, 0.2) is 0 Å².